The number of rotatable bonds is 4. The van der Waals surface area contributed by atoms with Crippen LogP contribution in [0, 0.1) is 10.1 Å². The Kier molecular flexibility index (Phi) is 4.11. The molecule has 0 aliphatic heterocycles. The van der Waals surface area contributed by atoms with Crippen LogP contribution in [-0.2, 0) is 0 Å². The molecule has 1 aromatic carbocycles. The average Bonchev–Trinajstić information content (AvgIpc) is 3.03. The van der Waals surface area contributed by atoms with Gasteiger partial charge in [0.15, 0.2) is 0 Å². The molecular weight excluding hydrogens is 312 g/mol. The lowest BCUT2D eigenvalue weighted by molar-refractivity contribution is -0.384. The van der Waals surface area contributed by atoms with Crippen molar-refractivity contribution in [2.75, 3.05) is 0 Å². The summed E-state index contributed by atoms with van der Waals surface area (Å²) in [5.74, 6) is 0.228. The van der Waals surface area contributed by atoms with Crippen LogP contribution in [-0.4, -0.2) is 20.4 Å². The number of fused-ring (bicyclic) bond motifs is 1. The molecule has 0 aliphatic carbocycles. The molecule has 1 unspecified atom stereocenters. The highest BCUT2D eigenvalue weighted by atomic mass is 16.6. The molecule has 0 radical (unpaired) electrons. The lowest BCUT2D eigenvalue weighted by atomic mass is 10.2. The maximum Gasteiger partial charge on any atom is 0.413 e. The number of imidazole rings is 1. The van der Waals surface area contributed by atoms with Gasteiger partial charge in [0.05, 0.1) is 11.0 Å². The highest BCUT2D eigenvalue weighted by Gasteiger charge is 2.14. The van der Waals surface area contributed by atoms with E-state index < -0.39 is 11.0 Å². The minimum atomic E-state index is -0.645. The number of aromatic nitrogens is 2. The molecule has 8 heteroatoms. The minimum Gasteiger partial charge on any atom is -0.410 e. The normalized spacial score (nSPS) is 11.9. The van der Waals surface area contributed by atoms with Gasteiger partial charge in [-0.1, -0.05) is 6.07 Å². The second kappa shape index (κ2) is 6.37. The van der Waals surface area contributed by atoms with Gasteiger partial charge in [0.2, 0.25) is 0 Å². The van der Waals surface area contributed by atoms with Crippen LogP contribution >= 0.6 is 0 Å². The fraction of sp³-hybridized carbons (Fsp3) is 0.125. The van der Waals surface area contributed by atoms with E-state index >= 15 is 0 Å². The minimum absolute atomic E-state index is 0.0667. The summed E-state index contributed by atoms with van der Waals surface area (Å²) in [5.41, 5.74) is 1.57. The van der Waals surface area contributed by atoms with Crippen molar-refractivity contribution in [1.82, 2.24) is 14.7 Å². The Morgan fingerprint density at radius 3 is 2.75 bits per heavy atom. The number of nitrogens with zero attached hydrogens (tertiary/aromatic N) is 3. The van der Waals surface area contributed by atoms with Crippen LogP contribution in [0.4, 0.5) is 10.5 Å². The second-order valence-electron chi connectivity index (χ2n) is 5.11. The van der Waals surface area contributed by atoms with Crippen LogP contribution in [0.5, 0.6) is 5.75 Å². The van der Waals surface area contributed by atoms with Crippen LogP contribution in [0.3, 0.4) is 0 Å². The number of ether oxygens (including phenoxy) is 1. The summed E-state index contributed by atoms with van der Waals surface area (Å²) in [5, 5.41) is 13.3. The maximum absolute atomic E-state index is 12.0. The predicted molar refractivity (Wildman–Crippen MR) is 85.9 cm³/mol. The first-order valence-electron chi connectivity index (χ1n) is 7.19. The van der Waals surface area contributed by atoms with Crippen molar-refractivity contribution in [3.05, 3.63) is 70.7 Å². The molecule has 3 aromatic rings. The van der Waals surface area contributed by atoms with Crippen molar-refractivity contribution in [3.8, 4) is 5.75 Å². The van der Waals surface area contributed by atoms with E-state index in [1.54, 1.807) is 6.20 Å². The zero-order valence-electron chi connectivity index (χ0n) is 12.7. The largest absolute Gasteiger partial charge is 0.413 e. The van der Waals surface area contributed by atoms with Crippen molar-refractivity contribution in [2.24, 2.45) is 0 Å². The molecule has 2 aromatic heterocycles. The fourth-order valence-corrected chi connectivity index (χ4v) is 2.35. The third kappa shape index (κ3) is 3.17. The fourth-order valence-electron chi connectivity index (χ4n) is 2.35. The lowest BCUT2D eigenvalue weighted by Crippen LogP contribution is -2.30. The summed E-state index contributed by atoms with van der Waals surface area (Å²) in [6, 6.07) is 10.6. The maximum atomic E-state index is 12.0. The summed E-state index contributed by atoms with van der Waals surface area (Å²) >= 11 is 0. The van der Waals surface area contributed by atoms with Gasteiger partial charge in [0.1, 0.15) is 11.4 Å². The molecule has 24 heavy (non-hydrogen) atoms. The average molecular weight is 326 g/mol. The van der Waals surface area contributed by atoms with Crippen LogP contribution < -0.4 is 10.1 Å². The number of non-ortho nitro benzene ring substituents is 1. The third-order valence-electron chi connectivity index (χ3n) is 3.50. The van der Waals surface area contributed by atoms with Crippen LogP contribution in [0.2, 0.25) is 0 Å². The monoisotopic (exact) mass is 326 g/mol. The number of hydrogen-bond donors (Lipinski definition) is 1. The van der Waals surface area contributed by atoms with Crippen molar-refractivity contribution in [2.45, 2.75) is 13.0 Å². The van der Waals surface area contributed by atoms with Crippen molar-refractivity contribution >= 4 is 17.4 Å². The zero-order valence-corrected chi connectivity index (χ0v) is 12.7. The SMILES string of the molecule is CC(NC(=O)Oc1ccc([N+](=O)[O-])cc1)c1cccc2nccn12. The summed E-state index contributed by atoms with van der Waals surface area (Å²) in [7, 11) is 0. The van der Waals surface area contributed by atoms with E-state index in [4.69, 9.17) is 4.74 Å². The molecule has 122 valence electrons. The number of benzene rings is 1. The van der Waals surface area contributed by atoms with Gasteiger partial charge >= 0.3 is 6.09 Å². The molecule has 0 aliphatic rings. The van der Waals surface area contributed by atoms with Crippen molar-refractivity contribution in [1.29, 1.82) is 0 Å². The van der Waals surface area contributed by atoms with Gasteiger partial charge in [-0.25, -0.2) is 9.78 Å². The van der Waals surface area contributed by atoms with Gasteiger partial charge in [0, 0.05) is 30.2 Å². The number of nitrogens with one attached hydrogen (secondary N) is 1. The molecule has 0 fully saturated rings. The second-order valence-corrected chi connectivity index (χ2v) is 5.11. The highest BCUT2D eigenvalue weighted by molar-refractivity contribution is 5.71. The van der Waals surface area contributed by atoms with E-state index in [1.807, 2.05) is 35.7 Å². The van der Waals surface area contributed by atoms with Crippen LogP contribution in [0.25, 0.3) is 5.65 Å². The number of carbonyl (C=O) groups excluding carboxylic acids is 1. The van der Waals surface area contributed by atoms with E-state index in [0.29, 0.717) is 0 Å². The summed E-state index contributed by atoms with van der Waals surface area (Å²) < 4.78 is 7.01. The lowest BCUT2D eigenvalue weighted by Gasteiger charge is -2.15. The van der Waals surface area contributed by atoms with E-state index in [2.05, 4.69) is 10.3 Å². The molecule has 8 nitrogen and oxygen atoms in total. The molecule has 3 rings (SSSR count). The predicted octanol–water partition coefficient (Wildman–Crippen LogP) is 3.09. The molecule has 0 spiro atoms. The first-order valence-corrected chi connectivity index (χ1v) is 7.19. The Hall–Kier alpha value is -3.42. The van der Waals surface area contributed by atoms with E-state index in [1.165, 1.54) is 24.3 Å². The number of pyridine rings is 1. The molecule has 0 saturated heterocycles. The third-order valence-corrected chi connectivity index (χ3v) is 3.50. The quantitative estimate of drug-likeness (QED) is 0.587. The topological polar surface area (TPSA) is 98.8 Å². The molecule has 1 amide bonds. The number of nitro groups is 1. The summed E-state index contributed by atoms with van der Waals surface area (Å²) in [6.07, 6.45) is 2.85. The van der Waals surface area contributed by atoms with Gasteiger partial charge in [-0.05, 0) is 31.2 Å². The molecule has 2 heterocycles. The Balaban J connectivity index is 1.68. The van der Waals surface area contributed by atoms with Crippen molar-refractivity contribution < 1.29 is 14.5 Å². The highest BCUT2D eigenvalue weighted by Crippen LogP contribution is 2.18. The van der Waals surface area contributed by atoms with E-state index in [9.17, 15) is 14.9 Å². The smallest absolute Gasteiger partial charge is 0.410 e. The van der Waals surface area contributed by atoms with Crippen LogP contribution in [0.1, 0.15) is 18.7 Å². The zero-order chi connectivity index (χ0) is 17.1. The molecule has 0 bridgehead atoms. The van der Waals surface area contributed by atoms with E-state index in [0.717, 1.165) is 11.3 Å². The number of nitro benzene ring substituents is 1. The molecular formula is C16H14N4O4. The van der Waals surface area contributed by atoms with Crippen molar-refractivity contribution in [3.63, 3.8) is 0 Å². The summed E-state index contributed by atoms with van der Waals surface area (Å²) in [6.45, 7) is 1.83. The van der Waals surface area contributed by atoms with Gasteiger partial charge in [0.25, 0.3) is 5.69 Å². The summed E-state index contributed by atoms with van der Waals surface area (Å²) in [4.78, 5) is 26.3. The Bertz CT molecular complexity index is 888. The molecule has 1 N–H and O–H groups in total. The van der Waals surface area contributed by atoms with Crippen LogP contribution in [0.15, 0.2) is 54.9 Å². The Morgan fingerprint density at radius 2 is 2.04 bits per heavy atom. The van der Waals surface area contributed by atoms with Gasteiger partial charge < -0.3 is 14.5 Å². The van der Waals surface area contributed by atoms with Gasteiger partial charge in [-0.3, -0.25) is 10.1 Å². The Labute approximate surface area is 136 Å². The molecule has 0 saturated carbocycles. The number of amides is 1. The van der Waals surface area contributed by atoms with Gasteiger partial charge in [-0.2, -0.15) is 0 Å². The first kappa shape index (κ1) is 15.5. The number of carbonyl (C=O) groups is 1. The van der Waals surface area contributed by atoms with Gasteiger partial charge in [-0.15, -0.1) is 0 Å². The number of hydrogen-bond acceptors (Lipinski definition) is 5. The standard InChI is InChI=1S/C16H14N4O4/c1-11(14-3-2-4-15-17-9-10-19(14)15)18-16(21)24-13-7-5-12(6-8-13)20(22)23/h2-11H,1H3,(H,18,21). The Morgan fingerprint density at radius 1 is 1.29 bits per heavy atom. The van der Waals surface area contributed by atoms with E-state index in [-0.39, 0.29) is 17.5 Å². The molecule has 1 atom stereocenters. The first-order chi connectivity index (χ1) is 11.5.